The Kier molecular flexibility index (Phi) is 2.68. The van der Waals surface area contributed by atoms with Gasteiger partial charge in [-0.3, -0.25) is 0 Å². The number of halogens is 1. The van der Waals surface area contributed by atoms with Gasteiger partial charge in [0.05, 0.1) is 7.11 Å². The zero-order chi connectivity index (χ0) is 10.7. The molecule has 0 saturated heterocycles. The summed E-state index contributed by atoms with van der Waals surface area (Å²) in [5.41, 5.74) is 1.81. The molecule has 0 aliphatic heterocycles. The minimum Gasteiger partial charge on any atom is -0.497 e. The Morgan fingerprint density at radius 3 is 2.33 bits per heavy atom. The van der Waals surface area contributed by atoms with Gasteiger partial charge in [-0.05, 0) is 23.3 Å². The Morgan fingerprint density at radius 2 is 1.67 bits per heavy atom. The van der Waals surface area contributed by atoms with E-state index in [0.717, 1.165) is 11.1 Å². The van der Waals surface area contributed by atoms with Gasteiger partial charge >= 0.3 is 0 Å². The topological polar surface area (TPSA) is 9.23 Å². The van der Waals surface area contributed by atoms with Crippen LogP contribution < -0.4 is 4.74 Å². The second-order valence-electron chi connectivity index (χ2n) is 3.25. The van der Waals surface area contributed by atoms with E-state index < -0.39 is 0 Å². The van der Waals surface area contributed by atoms with E-state index in [9.17, 15) is 4.39 Å². The van der Waals surface area contributed by atoms with Gasteiger partial charge in [-0.1, -0.05) is 30.3 Å². The fourth-order valence-electron chi connectivity index (χ4n) is 1.48. The summed E-state index contributed by atoms with van der Waals surface area (Å²) in [4.78, 5) is 0. The van der Waals surface area contributed by atoms with Gasteiger partial charge in [0.2, 0.25) is 0 Å². The van der Waals surface area contributed by atoms with E-state index in [4.69, 9.17) is 4.74 Å². The number of benzene rings is 2. The van der Waals surface area contributed by atoms with Crippen molar-refractivity contribution in [1.29, 1.82) is 0 Å². The van der Waals surface area contributed by atoms with E-state index in [1.165, 1.54) is 19.2 Å². The van der Waals surface area contributed by atoms with Gasteiger partial charge in [0, 0.05) is 6.07 Å². The van der Waals surface area contributed by atoms with Crippen molar-refractivity contribution in [2.24, 2.45) is 0 Å². The summed E-state index contributed by atoms with van der Waals surface area (Å²) in [5.74, 6) is 0.252. The van der Waals surface area contributed by atoms with Crippen molar-refractivity contribution in [3.05, 3.63) is 54.3 Å². The molecular formula is C13H11FO. The molecule has 2 aromatic rings. The van der Waals surface area contributed by atoms with Gasteiger partial charge < -0.3 is 4.74 Å². The van der Waals surface area contributed by atoms with Crippen molar-refractivity contribution in [2.45, 2.75) is 0 Å². The normalized spacial score (nSPS) is 10.0. The lowest BCUT2D eigenvalue weighted by molar-refractivity contribution is 0.411. The van der Waals surface area contributed by atoms with Crippen molar-refractivity contribution in [1.82, 2.24) is 0 Å². The largest absolute Gasteiger partial charge is 0.497 e. The van der Waals surface area contributed by atoms with Crippen molar-refractivity contribution in [3.8, 4) is 16.9 Å². The van der Waals surface area contributed by atoms with Crippen molar-refractivity contribution in [3.63, 3.8) is 0 Å². The Morgan fingerprint density at radius 1 is 0.933 bits per heavy atom. The maximum atomic E-state index is 13.2. The van der Waals surface area contributed by atoms with Crippen LogP contribution in [-0.4, -0.2) is 7.11 Å². The van der Waals surface area contributed by atoms with Gasteiger partial charge in [0.15, 0.2) is 0 Å². The van der Waals surface area contributed by atoms with E-state index in [1.807, 2.05) is 36.4 Å². The highest BCUT2D eigenvalue weighted by Gasteiger charge is 2.02. The van der Waals surface area contributed by atoms with Crippen LogP contribution in [0, 0.1) is 5.82 Å². The molecular weight excluding hydrogens is 191 g/mol. The van der Waals surface area contributed by atoms with E-state index in [0.29, 0.717) is 5.75 Å². The highest BCUT2D eigenvalue weighted by Crippen LogP contribution is 2.24. The third-order valence-corrected chi connectivity index (χ3v) is 2.21. The Bertz CT molecular complexity index is 451. The predicted molar refractivity (Wildman–Crippen MR) is 58.4 cm³/mol. The first kappa shape index (κ1) is 9.71. The van der Waals surface area contributed by atoms with Crippen molar-refractivity contribution in [2.75, 3.05) is 7.11 Å². The molecule has 0 spiro atoms. The van der Waals surface area contributed by atoms with Gasteiger partial charge in [-0.15, -0.1) is 0 Å². The summed E-state index contributed by atoms with van der Waals surface area (Å²) in [6.07, 6.45) is 0. The highest BCUT2D eigenvalue weighted by atomic mass is 19.1. The Hall–Kier alpha value is -1.83. The van der Waals surface area contributed by atoms with E-state index in [-0.39, 0.29) is 5.82 Å². The summed E-state index contributed by atoms with van der Waals surface area (Å²) in [7, 11) is 1.53. The van der Waals surface area contributed by atoms with E-state index >= 15 is 0 Å². The monoisotopic (exact) mass is 202 g/mol. The average Bonchev–Trinajstić information content (AvgIpc) is 2.29. The molecule has 0 fully saturated rings. The number of rotatable bonds is 2. The number of methoxy groups -OCH3 is 1. The van der Waals surface area contributed by atoms with Gasteiger partial charge in [-0.25, -0.2) is 4.39 Å². The molecule has 0 radical (unpaired) electrons. The molecule has 0 N–H and O–H groups in total. The predicted octanol–water partition coefficient (Wildman–Crippen LogP) is 3.50. The number of ether oxygens (including phenoxy) is 1. The van der Waals surface area contributed by atoms with Crippen LogP contribution in [0.4, 0.5) is 4.39 Å². The molecule has 1 nitrogen and oxygen atoms in total. The SMILES string of the molecule is COc1cc(F)cc(-c2ccccc2)c1. The molecule has 76 valence electrons. The Balaban J connectivity index is 2.49. The molecule has 0 aliphatic rings. The fraction of sp³-hybridized carbons (Fsp3) is 0.0769. The van der Waals surface area contributed by atoms with E-state index in [2.05, 4.69) is 0 Å². The van der Waals surface area contributed by atoms with Crippen molar-refractivity contribution < 1.29 is 9.13 Å². The first-order valence-electron chi connectivity index (χ1n) is 4.69. The van der Waals surface area contributed by atoms with Crippen LogP contribution in [0.15, 0.2) is 48.5 Å². The lowest BCUT2D eigenvalue weighted by Gasteiger charge is -2.05. The van der Waals surface area contributed by atoms with Crippen LogP contribution in [0.25, 0.3) is 11.1 Å². The first-order valence-corrected chi connectivity index (χ1v) is 4.69. The molecule has 2 rings (SSSR count). The van der Waals surface area contributed by atoms with Crippen LogP contribution in [0.2, 0.25) is 0 Å². The fourth-order valence-corrected chi connectivity index (χ4v) is 1.48. The molecule has 0 unspecified atom stereocenters. The van der Waals surface area contributed by atoms with Crippen LogP contribution in [-0.2, 0) is 0 Å². The second-order valence-corrected chi connectivity index (χ2v) is 3.25. The molecule has 0 saturated carbocycles. The minimum absolute atomic E-state index is 0.284. The molecule has 0 amide bonds. The van der Waals surface area contributed by atoms with Crippen LogP contribution in [0.3, 0.4) is 0 Å². The quantitative estimate of drug-likeness (QED) is 0.724. The number of hydrogen-bond acceptors (Lipinski definition) is 1. The third-order valence-electron chi connectivity index (χ3n) is 2.21. The minimum atomic E-state index is -0.284. The summed E-state index contributed by atoms with van der Waals surface area (Å²) in [6.45, 7) is 0. The summed E-state index contributed by atoms with van der Waals surface area (Å²) in [5, 5.41) is 0. The second kappa shape index (κ2) is 4.13. The molecule has 2 heteroatoms. The zero-order valence-electron chi connectivity index (χ0n) is 8.41. The smallest absolute Gasteiger partial charge is 0.127 e. The lowest BCUT2D eigenvalue weighted by Crippen LogP contribution is -1.86. The zero-order valence-corrected chi connectivity index (χ0v) is 8.41. The van der Waals surface area contributed by atoms with Gasteiger partial charge in [-0.2, -0.15) is 0 Å². The molecule has 15 heavy (non-hydrogen) atoms. The first-order chi connectivity index (χ1) is 7.29. The van der Waals surface area contributed by atoms with Gasteiger partial charge in [0.25, 0.3) is 0 Å². The van der Waals surface area contributed by atoms with Crippen LogP contribution >= 0.6 is 0 Å². The molecule has 0 bridgehead atoms. The third kappa shape index (κ3) is 2.15. The van der Waals surface area contributed by atoms with E-state index in [1.54, 1.807) is 0 Å². The average molecular weight is 202 g/mol. The molecule has 0 aliphatic carbocycles. The summed E-state index contributed by atoms with van der Waals surface area (Å²) >= 11 is 0. The summed E-state index contributed by atoms with van der Waals surface area (Å²) in [6, 6.07) is 14.3. The molecule has 0 aromatic heterocycles. The maximum Gasteiger partial charge on any atom is 0.127 e. The standard InChI is InChI=1S/C13H11FO/c1-15-13-8-11(7-12(14)9-13)10-5-3-2-4-6-10/h2-9H,1H3. The molecule has 0 atom stereocenters. The lowest BCUT2D eigenvalue weighted by atomic mass is 10.1. The number of hydrogen-bond donors (Lipinski definition) is 0. The summed E-state index contributed by atoms with van der Waals surface area (Å²) < 4.78 is 18.2. The van der Waals surface area contributed by atoms with Gasteiger partial charge in [0.1, 0.15) is 11.6 Å². The van der Waals surface area contributed by atoms with Crippen LogP contribution in [0.1, 0.15) is 0 Å². The molecule has 0 heterocycles. The highest BCUT2D eigenvalue weighted by molar-refractivity contribution is 5.65. The molecule has 2 aromatic carbocycles. The maximum absolute atomic E-state index is 13.2. The van der Waals surface area contributed by atoms with Crippen LogP contribution in [0.5, 0.6) is 5.75 Å². The Labute approximate surface area is 88.1 Å². The van der Waals surface area contributed by atoms with Crippen molar-refractivity contribution >= 4 is 0 Å².